The maximum Gasteiger partial charge on any atom is 0.257 e. The van der Waals surface area contributed by atoms with Crippen LogP contribution in [0.1, 0.15) is 12.5 Å². The molecule has 0 spiro atoms. The third-order valence-corrected chi connectivity index (χ3v) is 4.76. The van der Waals surface area contributed by atoms with Crippen LogP contribution in [0.5, 0.6) is 5.75 Å². The number of fused-ring (bicyclic) bond motifs is 1. The summed E-state index contributed by atoms with van der Waals surface area (Å²) in [7, 11) is 0. The molecule has 158 valence electrons. The molecule has 0 aliphatic rings. The lowest BCUT2D eigenvalue weighted by Crippen LogP contribution is -2.06. The molecule has 0 fully saturated rings. The van der Waals surface area contributed by atoms with E-state index in [1.165, 1.54) is 17.1 Å². The predicted molar refractivity (Wildman–Crippen MR) is 115 cm³/mol. The van der Waals surface area contributed by atoms with E-state index in [0.29, 0.717) is 45.8 Å². The zero-order valence-electron chi connectivity index (χ0n) is 16.8. The number of aromatic hydroxyl groups is 1. The van der Waals surface area contributed by atoms with Crippen molar-refractivity contribution in [3.05, 3.63) is 67.1 Å². The van der Waals surface area contributed by atoms with Gasteiger partial charge in [0.15, 0.2) is 0 Å². The fourth-order valence-electron chi connectivity index (χ4n) is 3.42. The van der Waals surface area contributed by atoms with Gasteiger partial charge in [0.2, 0.25) is 0 Å². The first-order valence-electron chi connectivity index (χ1n) is 9.69. The number of halogens is 2. The minimum absolute atomic E-state index is 0.0210. The Hall–Kier alpha value is -3.81. The van der Waals surface area contributed by atoms with E-state index >= 15 is 0 Å². The largest absolute Gasteiger partial charge is 0.507 e. The highest BCUT2D eigenvalue weighted by Crippen LogP contribution is 2.37. The number of rotatable bonds is 7. The van der Waals surface area contributed by atoms with Gasteiger partial charge in [0.05, 0.1) is 23.4 Å². The number of aromatic nitrogens is 4. The van der Waals surface area contributed by atoms with E-state index in [4.69, 9.17) is 4.74 Å². The Labute approximate surface area is 177 Å². The van der Waals surface area contributed by atoms with Crippen LogP contribution in [0.4, 0.5) is 8.78 Å². The molecule has 31 heavy (non-hydrogen) atoms. The van der Waals surface area contributed by atoms with Gasteiger partial charge < -0.3 is 9.84 Å². The summed E-state index contributed by atoms with van der Waals surface area (Å²) in [5, 5.41) is 15.4. The van der Waals surface area contributed by atoms with E-state index < -0.39 is 13.0 Å². The van der Waals surface area contributed by atoms with Gasteiger partial charge in [0.1, 0.15) is 30.1 Å². The molecule has 0 aliphatic carbocycles. The molecule has 6 nitrogen and oxygen atoms in total. The van der Waals surface area contributed by atoms with Gasteiger partial charge in [-0.1, -0.05) is 36.9 Å². The molecule has 0 aliphatic heterocycles. The van der Waals surface area contributed by atoms with Crippen LogP contribution >= 0.6 is 0 Å². The van der Waals surface area contributed by atoms with Gasteiger partial charge in [-0.25, -0.2) is 18.7 Å². The molecule has 1 N–H and O–H groups in total. The second-order valence-corrected chi connectivity index (χ2v) is 6.84. The van der Waals surface area contributed by atoms with E-state index in [9.17, 15) is 13.9 Å². The van der Waals surface area contributed by atoms with Crippen LogP contribution in [0.2, 0.25) is 0 Å². The second kappa shape index (κ2) is 8.51. The fourth-order valence-corrected chi connectivity index (χ4v) is 3.42. The highest BCUT2D eigenvalue weighted by molar-refractivity contribution is 5.98. The lowest BCUT2D eigenvalue weighted by atomic mass is 10.0. The van der Waals surface area contributed by atoms with Crippen molar-refractivity contribution < 1.29 is 18.6 Å². The van der Waals surface area contributed by atoms with Gasteiger partial charge in [-0.3, -0.25) is 4.68 Å². The average molecular weight is 422 g/mol. The Balaban J connectivity index is 1.95. The molecule has 0 saturated heterocycles. The lowest BCUT2D eigenvalue weighted by molar-refractivity contribution is 0.122. The summed E-state index contributed by atoms with van der Waals surface area (Å²) < 4.78 is 32.7. The number of hydrogen-bond acceptors (Lipinski definition) is 5. The monoisotopic (exact) mass is 422 g/mol. The molecule has 4 rings (SSSR count). The van der Waals surface area contributed by atoms with Gasteiger partial charge in [-0.05, 0) is 13.0 Å². The molecule has 8 heteroatoms. The molecule has 0 unspecified atom stereocenters. The Morgan fingerprint density at radius 1 is 1.16 bits per heavy atom. The summed E-state index contributed by atoms with van der Waals surface area (Å²) in [6, 6.07) is 12.5. The average Bonchev–Trinajstić information content (AvgIpc) is 3.16. The SMILES string of the molecule is C=C(OCC)c1cc2c(-c3cn(CC(F)F)nc3-c3ccccc3)ncnc2cc1O. The third kappa shape index (κ3) is 4.09. The Bertz CT molecular complexity index is 1240. The Morgan fingerprint density at radius 3 is 2.65 bits per heavy atom. The van der Waals surface area contributed by atoms with E-state index in [1.54, 1.807) is 12.3 Å². The van der Waals surface area contributed by atoms with Crippen molar-refractivity contribution in [2.75, 3.05) is 6.61 Å². The van der Waals surface area contributed by atoms with Gasteiger partial charge in [0.25, 0.3) is 6.43 Å². The summed E-state index contributed by atoms with van der Waals surface area (Å²) in [6.07, 6.45) is 0.379. The number of phenolic OH excluding ortho intramolecular Hbond substituents is 1. The molecule has 0 saturated carbocycles. The predicted octanol–water partition coefficient (Wildman–Crippen LogP) is 5.14. The summed E-state index contributed by atoms with van der Waals surface area (Å²) in [5.74, 6) is 0.292. The summed E-state index contributed by atoms with van der Waals surface area (Å²) in [4.78, 5) is 8.67. The molecule has 0 bridgehead atoms. The highest BCUT2D eigenvalue weighted by Gasteiger charge is 2.20. The van der Waals surface area contributed by atoms with Gasteiger partial charge in [0, 0.05) is 28.8 Å². The van der Waals surface area contributed by atoms with Crippen molar-refractivity contribution in [1.29, 1.82) is 0 Å². The molecule has 4 aromatic rings. The van der Waals surface area contributed by atoms with Crippen molar-refractivity contribution in [3.63, 3.8) is 0 Å². The van der Waals surface area contributed by atoms with Crippen molar-refractivity contribution in [2.24, 2.45) is 0 Å². The van der Waals surface area contributed by atoms with E-state index in [2.05, 4.69) is 21.6 Å². The Kier molecular flexibility index (Phi) is 5.62. The van der Waals surface area contributed by atoms with Crippen LogP contribution in [-0.2, 0) is 11.3 Å². The van der Waals surface area contributed by atoms with E-state index in [-0.39, 0.29) is 5.75 Å². The zero-order chi connectivity index (χ0) is 22.0. The number of benzene rings is 2. The number of alkyl halides is 2. The van der Waals surface area contributed by atoms with Crippen LogP contribution in [0, 0.1) is 0 Å². The smallest absolute Gasteiger partial charge is 0.257 e. The first kappa shape index (κ1) is 20.5. The van der Waals surface area contributed by atoms with Crippen LogP contribution in [0.25, 0.3) is 39.2 Å². The number of hydrogen-bond donors (Lipinski definition) is 1. The Morgan fingerprint density at radius 2 is 1.94 bits per heavy atom. The van der Waals surface area contributed by atoms with Gasteiger partial charge in [-0.15, -0.1) is 0 Å². The topological polar surface area (TPSA) is 73.1 Å². The molecule has 0 atom stereocenters. The first-order valence-corrected chi connectivity index (χ1v) is 9.69. The minimum Gasteiger partial charge on any atom is -0.507 e. The number of nitrogens with zero attached hydrogens (tertiary/aromatic N) is 4. The van der Waals surface area contributed by atoms with E-state index in [1.807, 2.05) is 37.3 Å². The minimum atomic E-state index is -2.54. The van der Waals surface area contributed by atoms with Crippen LogP contribution < -0.4 is 0 Å². The van der Waals surface area contributed by atoms with Gasteiger partial charge in [-0.2, -0.15) is 5.10 Å². The summed E-state index contributed by atoms with van der Waals surface area (Å²) >= 11 is 0. The second-order valence-electron chi connectivity index (χ2n) is 6.84. The lowest BCUT2D eigenvalue weighted by Gasteiger charge is -2.12. The standard InChI is InChI=1S/C23H20F2N4O2/c1-3-31-14(2)16-9-17-19(10-20(16)30)26-13-27-23(17)18-11-29(12-21(24)25)28-22(18)15-7-5-4-6-8-15/h4-11,13,21,30H,2-3,12H2,1H3. The molecule has 2 aromatic carbocycles. The fraction of sp³-hybridized carbons (Fsp3) is 0.174. The highest BCUT2D eigenvalue weighted by atomic mass is 19.3. The molecule has 2 aromatic heterocycles. The van der Waals surface area contributed by atoms with Crippen molar-refractivity contribution >= 4 is 16.7 Å². The number of phenols is 1. The molecular weight excluding hydrogens is 402 g/mol. The maximum absolute atomic E-state index is 13.0. The third-order valence-electron chi connectivity index (χ3n) is 4.76. The quantitative estimate of drug-likeness (QED) is 0.418. The van der Waals surface area contributed by atoms with E-state index in [0.717, 1.165) is 5.56 Å². The van der Waals surface area contributed by atoms with Crippen molar-refractivity contribution in [1.82, 2.24) is 19.7 Å². The number of ether oxygens (including phenoxy) is 1. The molecule has 0 amide bonds. The van der Waals surface area contributed by atoms with Gasteiger partial charge >= 0.3 is 0 Å². The van der Waals surface area contributed by atoms with Crippen molar-refractivity contribution in [2.45, 2.75) is 19.9 Å². The first-order chi connectivity index (χ1) is 15.0. The summed E-state index contributed by atoms with van der Waals surface area (Å²) in [6.45, 7) is 5.55. The molecule has 2 heterocycles. The zero-order valence-corrected chi connectivity index (χ0v) is 16.8. The van der Waals surface area contributed by atoms with Crippen LogP contribution in [-0.4, -0.2) is 37.9 Å². The van der Waals surface area contributed by atoms with Crippen LogP contribution in [0.15, 0.2) is 61.6 Å². The normalized spacial score (nSPS) is 11.2. The maximum atomic E-state index is 13.0. The molecular formula is C23H20F2N4O2. The molecule has 0 radical (unpaired) electrons. The summed E-state index contributed by atoms with van der Waals surface area (Å²) in [5.41, 5.74) is 3.30. The van der Waals surface area contributed by atoms with Crippen molar-refractivity contribution in [3.8, 4) is 28.3 Å². The van der Waals surface area contributed by atoms with Crippen LogP contribution in [0.3, 0.4) is 0 Å².